The fraction of sp³-hybridized carbons (Fsp3) is 0.250. The minimum Gasteiger partial charge on any atom is -0.496 e. The van der Waals surface area contributed by atoms with E-state index in [1.54, 1.807) is 18.9 Å². The summed E-state index contributed by atoms with van der Waals surface area (Å²) < 4.78 is 11.8. The molecule has 0 unspecified atom stereocenters. The Morgan fingerprint density at radius 1 is 1.11 bits per heavy atom. The van der Waals surface area contributed by atoms with Crippen molar-refractivity contribution in [3.05, 3.63) is 54.1 Å². The number of ether oxygens (including phenoxy) is 2. The van der Waals surface area contributed by atoms with Crippen molar-refractivity contribution in [1.29, 1.82) is 0 Å². The summed E-state index contributed by atoms with van der Waals surface area (Å²) in [6.07, 6.45) is 0.587. The van der Waals surface area contributed by atoms with Gasteiger partial charge in [-0.25, -0.2) is 0 Å². The zero-order valence-corrected chi connectivity index (χ0v) is 16.0. The van der Waals surface area contributed by atoms with E-state index in [-0.39, 0.29) is 0 Å². The molecule has 2 aromatic carbocycles. The van der Waals surface area contributed by atoms with Crippen molar-refractivity contribution < 1.29 is 9.47 Å². The molecule has 4 rings (SSSR count). The predicted octanol–water partition coefficient (Wildman–Crippen LogP) is 4.55. The Morgan fingerprint density at radius 3 is 2.78 bits per heavy atom. The van der Waals surface area contributed by atoms with Crippen molar-refractivity contribution in [3.63, 3.8) is 0 Å². The number of anilines is 1. The van der Waals surface area contributed by atoms with Gasteiger partial charge in [-0.1, -0.05) is 49.0 Å². The first-order chi connectivity index (χ1) is 13.3. The molecule has 1 aliphatic rings. The van der Waals surface area contributed by atoms with Crippen LogP contribution < -0.4 is 14.8 Å². The minimum absolute atomic E-state index is 0.454. The lowest BCUT2D eigenvalue weighted by Gasteiger charge is -2.21. The van der Waals surface area contributed by atoms with Crippen LogP contribution in [0.4, 0.5) is 5.69 Å². The second kappa shape index (κ2) is 7.84. The quantitative estimate of drug-likeness (QED) is 0.651. The lowest BCUT2D eigenvalue weighted by atomic mass is 10.1. The smallest absolute Gasteiger partial charge is 0.247 e. The van der Waals surface area contributed by atoms with Crippen LogP contribution >= 0.6 is 11.8 Å². The molecular weight excluding hydrogens is 360 g/mol. The molecule has 1 aromatic heterocycles. The summed E-state index contributed by atoms with van der Waals surface area (Å²) >= 11 is 1.58. The van der Waals surface area contributed by atoms with Crippen molar-refractivity contribution in [2.45, 2.75) is 24.7 Å². The van der Waals surface area contributed by atoms with Crippen molar-refractivity contribution in [2.75, 3.05) is 18.2 Å². The molecule has 1 atom stereocenters. The highest BCUT2D eigenvalue weighted by molar-refractivity contribution is 7.99. The number of fused-ring (bicyclic) bond motifs is 3. The number of aromatic nitrogens is 3. The SMILES string of the molecule is CCCSc1nnc2c(n1)O[C@H](c1ccccc1OC)Nc1ccccc1-2. The maximum absolute atomic E-state index is 6.27. The largest absolute Gasteiger partial charge is 0.496 e. The topological polar surface area (TPSA) is 69.2 Å². The summed E-state index contributed by atoms with van der Waals surface area (Å²) in [5.41, 5.74) is 3.36. The monoisotopic (exact) mass is 380 g/mol. The lowest BCUT2D eigenvalue weighted by Crippen LogP contribution is -2.18. The fourth-order valence-electron chi connectivity index (χ4n) is 2.93. The molecule has 2 heterocycles. The Kier molecular flexibility index (Phi) is 5.11. The van der Waals surface area contributed by atoms with Gasteiger partial charge in [0.2, 0.25) is 17.3 Å². The average molecular weight is 380 g/mol. The highest BCUT2D eigenvalue weighted by atomic mass is 32.2. The third kappa shape index (κ3) is 3.55. The van der Waals surface area contributed by atoms with Crippen LogP contribution in [0.25, 0.3) is 11.3 Å². The fourth-order valence-corrected chi connectivity index (χ4v) is 3.56. The highest BCUT2D eigenvalue weighted by Crippen LogP contribution is 2.40. The van der Waals surface area contributed by atoms with Gasteiger partial charge in [-0.05, 0) is 24.6 Å². The van der Waals surface area contributed by atoms with Gasteiger partial charge in [0, 0.05) is 17.0 Å². The van der Waals surface area contributed by atoms with Gasteiger partial charge in [-0.3, -0.25) is 0 Å². The number of para-hydroxylation sites is 2. The zero-order valence-electron chi connectivity index (χ0n) is 15.2. The Morgan fingerprint density at radius 2 is 1.93 bits per heavy atom. The van der Waals surface area contributed by atoms with Gasteiger partial charge in [0.05, 0.1) is 12.7 Å². The first-order valence-electron chi connectivity index (χ1n) is 8.83. The molecular formula is C20H20N4O2S. The molecule has 1 N–H and O–H groups in total. The molecule has 7 heteroatoms. The van der Waals surface area contributed by atoms with Crippen LogP contribution in [0.3, 0.4) is 0 Å². The number of benzene rings is 2. The van der Waals surface area contributed by atoms with Gasteiger partial charge in [-0.15, -0.1) is 10.2 Å². The number of hydrogen-bond donors (Lipinski definition) is 1. The van der Waals surface area contributed by atoms with Crippen LogP contribution in [0.15, 0.2) is 53.7 Å². The van der Waals surface area contributed by atoms with Crippen molar-refractivity contribution in [2.24, 2.45) is 0 Å². The normalized spacial score (nSPS) is 15.0. The summed E-state index contributed by atoms with van der Waals surface area (Å²) in [6.45, 7) is 2.12. The number of nitrogens with zero attached hydrogens (tertiary/aromatic N) is 3. The van der Waals surface area contributed by atoms with Crippen LogP contribution in [-0.4, -0.2) is 28.0 Å². The highest BCUT2D eigenvalue weighted by Gasteiger charge is 2.27. The maximum Gasteiger partial charge on any atom is 0.247 e. The van der Waals surface area contributed by atoms with Crippen LogP contribution in [0.5, 0.6) is 11.6 Å². The van der Waals surface area contributed by atoms with E-state index >= 15 is 0 Å². The number of thioether (sulfide) groups is 1. The van der Waals surface area contributed by atoms with Crippen LogP contribution in [0, 0.1) is 0 Å². The van der Waals surface area contributed by atoms with E-state index in [0.29, 0.717) is 16.7 Å². The lowest BCUT2D eigenvalue weighted by molar-refractivity contribution is 0.220. The predicted molar refractivity (Wildman–Crippen MR) is 106 cm³/mol. The summed E-state index contributed by atoms with van der Waals surface area (Å²) in [6, 6.07) is 15.7. The van der Waals surface area contributed by atoms with E-state index in [4.69, 9.17) is 9.47 Å². The number of rotatable bonds is 5. The van der Waals surface area contributed by atoms with E-state index < -0.39 is 6.23 Å². The Labute approximate surface area is 162 Å². The number of hydrogen-bond acceptors (Lipinski definition) is 7. The summed E-state index contributed by atoms with van der Waals surface area (Å²) in [5.74, 6) is 2.15. The van der Waals surface area contributed by atoms with Crippen LogP contribution in [0.2, 0.25) is 0 Å². The molecule has 0 radical (unpaired) electrons. The molecule has 0 aliphatic carbocycles. The third-order valence-corrected chi connectivity index (χ3v) is 5.23. The molecule has 0 spiro atoms. The Bertz CT molecular complexity index is 951. The van der Waals surface area contributed by atoms with E-state index in [1.807, 2.05) is 48.5 Å². The number of methoxy groups -OCH3 is 1. The first kappa shape index (κ1) is 17.6. The molecule has 0 saturated carbocycles. The van der Waals surface area contributed by atoms with Gasteiger partial charge >= 0.3 is 0 Å². The van der Waals surface area contributed by atoms with Crippen molar-refractivity contribution in [1.82, 2.24) is 15.2 Å². The molecule has 6 nitrogen and oxygen atoms in total. The van der Waals surface area contributed by atoms with Gasteiger partial charge in [0.15, 0.2) is 5.69 Å². The summed E-state index contributed by atoms with van der Waals surface area (Å²) in [7, 11) is 1.65. The Balaban J connectivity index is 1.81. The van der Waals surface area contributed by atoms with Gasteiger partial charge in [0.1, 0.15) is 5.75 Å². The molecule has 27 heavy (non-hydrogen) atoms. The molecule has 138 valence electrons. The maximum atomic E-state index is 6.27. The van der Waals surface area contributed by atoms with E-state index in [1.165, 1.54) is 0 Å². The van der Waals surface area contributed by atoms with Crippen molar-refractivity contribution >= 4 is 17.4 Å². The molecule has 0 saturated heterocycles. The van der Waals surface area contributed by atoms with Gasteiger partial charge in [-0.2, -0.15) is 4.98 Å². The second-order valence-corrected chi connectivity index (χ2v) is 7.09. The summed E-state index contributed by atoms with van der Waals surface area (Å²) in [5, 5.41) is 12.7. The molecule has 0 amide bonds. The molecule has 0 bridgehead atoms. The molecule has 0 fully saturated rings. The van der Waals surface area contributed by atoms with Crippen LogP contribution in [0.1, 0.15) is 25.1 Å². The zero-order chi connectivity index (χ0) is 18.6. The molecule has 3 aromatic rings. The van der Waals surface area contributed by atoms with E-state index in [0.717, 1.165) is 34.7 Å². The van der Waals surface area contributed by atoms with E-state index in [9.17, 15) is 0 Å². The second-order valence-electron chi connectivity index (χ2n) is 6.03. The average Bonchev–Trinajstić information content (AvgIpc) is 2.88. The van der Waals surface area contributed by atoms with Crippen molar-refractivity contribution in [3.8, 4) is 22.9 Å². The Hall–Kier alpha value is -2.80. The third-order valence-electron chi connectivity index (χ3n) is 4.19. The van der Waals surface area contributed by atoms with Gasteiger partial charge < -0.3 is 14.8 Å². The van der Waals surface area contributed by atoms with E-state index in [2.05, 4.69) is 27.4 Å². The minimum atomic E-state index is -0.454. The number of nitrogens with one attached hydrogen (secondary N) is 1. The summed E-state index contributed by atoms with van der Waals surface area (Å²) in [4.78, 5) is 4.63. The van der Waals surface area contributed by atoms with Crippen LogP contribution in [-0.2, 0) is 0 Å². The first-order valence-corrected chi connectivity index (χ1v) is 9.81. The van der Waals surface area contributed by atoms with Gasteiger partial charge in [0.25, 0.3) is 0 Å². The molecule has 1 aliphatic heterocycles. The standard InChI is InChI=1S/C20H20N4O2S/c1-3-12-27-20-22-19-17(23-24-20)13-8-4-6-10-15(13)21-18(26-19)14-9-5-7-11-16(14)25-2/h4-11,18,21H,3,12H2,1-2H3/t18-/m1/s1.